The van der Waals surface area contributed by atoms with Crippen molar-refractivity contribution in [2.75, 3.05) is 13.7 Å². The summed E-state index contributed by atoms with van der Waals surface area (Å²) in [6, 6.07) is 13.5. The second-order valence-electron chi connectivity index (χ2n) is 7.39. The minimum atomic E-state index is -0.633. The first kappa shape index (κ1) is 20.2. The Morgan fingerprint density at radius 2 is 1.59 bits per heavy atom. The monoisotopic (exact) mass is 433 g/mol. The van der Waals surface area contributed by atoms with Gasteiger partial charge in [-0.1, -0.05) is 47.5 Å². The average molecular weight is 434 g/mol. The number of benzene rings is 2. The van der Waals surface area contributed by atoms with Gasteiger partial charge in [-0.15, -0.1) is 0 Å². The van der Waals surface area contributed by atoms with Crippen LogP contribution in [0.2, 0.25) is 10.0 Å². The minimum absolute atomic E-state index is 0.0996. The van der Waals surface area contributed by atoms with Gasteiger partial charge >= 0.3 is 5.97 Å². The first-order valence-corrected chi connectivity index (χ1v) is 10.3. The Labute approximate surface area is 179 Å². The summed E-state index contributed by atoms with van der Waals surface area (Å²) in [5.74, 6) is -0.515. The maximum atomic E-state index is 13.0. The summed E-state index contributed by atoms with van der Waals surface area (Å²) in [5.41, 5.74) is 1.73. The van der Waals surface area contributed by atoms with Gasteiger partial charge in [0.15, 0.2) is 0 Å². The number of nitrogens with zero attached hydrogens (tertiary/aromatic N) is 1. The van der Waals surface area contributed by atoms with E-state index < -0.39 is 24.2 Å². The van der Waals surface area contributed by atoms with Crippen molar-refractivity contribution in [3.63, 3.8) is 0 Å². The molecule has 1 heterocycles. The van der Waals surface area contributed by atoms with Crippen molar-refractivity contribution in [3.8, 4) is 0 Å². The summed E-state index contributed by atoms with van der Waals surface area (Å²) in [6.07, 6.45) is 1.34. The summed E-state index contributed by atoms with van der Waals surface area (Å²) in [4.78, 5) is 27.3. The van der Waals surface area contributed by atoms with Crippen LogP contribution in [0, 0.1) is 5.92 Å². The maximum Gasteiger partial charge on any atom is 0.328 e. The standard InChI is InChI=1S/C22H21Cl2NO4/c1-28-22(27)20(14-2-3-14)25-18(26)12-29-21(15-6-10-17(24)11-7-15)19(25)13-4-8-16(23)9-5-13/h4-11,14,19-21H,2-3,12H2,1H3/t19-,20?,21+/m1/s1. The van der Waals surface area contributed by atoms with Crippen LogP contribution in [0.15, 0.2) is 48.5 Å². The Kier molecular flexibility index (Phi) is 5.81. The first-order valence-electron chi connectivity index (χ1n) is 9.51. The molecule has 1 aliphatic carbocycles. The quantitative estimate of drug-likeness (QED) is 0.647. The molecule has 0 radical (unpaired) electrons. The number of halogens is 2. The second kappa shape index (κ2) is 8.34. The fraction of sp³-hybridized carbons (Fsp3) is 0.364. The van der Waals surface area contributed by atoms with Crippen molar-refractivity contribution in [1.29, 1.82) is 0 Å². The number of hydrogen-bond acceptors (Lipinski definition) is 4. The van der Waals surface area contributed by atoms with Gasteiger partial charge in [0.1, 0.15) is 18.8 Å². The van der Waals surface area contributed by atoms with Crippen LogP contribution in [0.5, 0.6) is 0 Å². The Morgan fingerprint density at radius 1 is 1.03 bits per heavy atom. The molecule has 0 bridgehead atoms. The van der Waals surface area contributed by atoms with Gasteiger partial charge in [-0.05, 0) is 54.2 Å². The summed E-state index contributed by atoms with van der Waals surface area (Å²) in [6.45, 7) is -0.0996. The van der Waals surface area contributed by atoms with Crippen molar-refractivity contribution >= 4 is 35.1 Å². The van der Waals surface area contributed by atoms with Gasteiger partial charge in [0.05, 0.1) is 13.2 Å². The number of carbonyl (C=O) groups excluding carboxylic acids is 2. The molecule has 4 rings (SSSR count). The summed E-state index contributed by atoms with van der Waals surface area (Å²) < 4.78 is 11.1. The van der Waals surface area contributed by atoms with Gasteiger partial charge in [0.25, 0.3) is 0 Å². The Hall–Kier alpha value is -2.08. The van der Waals surface area contributed by atoms with Crippen LogP contribution in [0.25, 0.3) is 0 Å². The Morgan fingerprint density at radius 3 is 2.10 bits per heavy atom. The van der Waals surface area contributed by atoms with Gasteiger partial charge in [-0.25, -0.2) is 4.79 Å². The molecule has 2 aromatic rings. The van der Waals surface area contributed by atoms with E-state index in [-0.39, 0.29) is 18.4 Å². The lowest BCUT2D eigenvalue weighted by Crippen LogP contribution is -2.54. The van der Waals surface area contributed by atoms with E-state index in [9.17, 15) is 9.59 Å². The number of rotatable bonds is 5. The van der Waals surface area contributed by atoms with Crippen LogP contribution < -0.4 is 0 Å². The largest absolute Gasteiger partial charge is 0.467 e. The molecule has 0 aromatic heterocycles. The van der Waals surface area contributed by atoms with Crippen LogP contribution in [0.4, 0.5) is 0 Å². The molecule has 7 heteroatoms. The number of hydrogen-bond donors (Lipinski definition) is 0. The normalized spacial score (nSPS) is 23.0. The fourth-order valence-corrected chi connectivity index (χ4v) is 4.20. The van der Waals surface area contributed by atoms with Crippen LogP contribution in [0.3, 0.4) is 0 Å². The van der Waals surface area contributed by atoms with E-state index in [1.54, 1.807) is 29.2 Å². The Balaban J connectivity index is 1.81. The highest BCUT2D eigenvalue weighted by Gasteiger charge is 2.50. The van der Waals surface area contributed by atoms with Gasteiger partial charge in [-0.2, -0.15) is 0 Å². The number of esters is 1. The zero-order chi connectivity index (χ0) is 20.5. The number of amides is 1. The number of ether oxygens (including phenoxy) is 2. The molecule has 3 atom stereocenters. The molecule has 29 heavy (non-hydrogen) atoms. The minimum Gasteiger partial charge on any atom is -0.467 e. The van der Waals surface area contributed by atoms with Crippen molar-refractivity contribution in [2.45, 2.75) is 31.0 Å². The first-order chi connectivity index (χ1) is 14.0. The molecule has 2 aliphatic rings. The molecule has 1 amide bonds. The van der Waals surface area contributed by atoms with Gasteiger partial charge in [-0.3, -0.25) is 4.79 Å². The topological polar surface area (TPSA) is 55.8 Å². The van der Waals surface area contributed by atoms with E-state index in [1.165, 1.54) is 7.11 Å². The molecule has 2 aromatic carbocycles. The van der Waals surface area contributed by atoms with Gasteiger partial charge in [0.2, 0.25) is 5.91 Å². The van der Waals surface area contributed by atoms with E-state index >= 15 is 0 Å². The predicted octanol–water partition coefficient (Wildman–Crippen LogP) is 4.59. The molecule has 1 saturated heterocycles. The van der Waals surface area contributed by atoms with Crippen molar-refractivity contribution in [1.82, 2.24) is 4.90 Å². The van der Waals surface area contributed by atoms with E-state index in [2.05, 4.69) is 0 Å². The average Bonchev–Trinajstić information content (AvgIpc) is 3.55. The zero-order valence-electron chi connectivity index (χ0n) is 15.9. The van der Waals surface area contributed by atoms with E-state index in [4.69, 9.17) is 32.7 Å². The third-order valence-electron chi connectivity index (χ3n) is 5.48. The number of carbonyl (C=O) groups is 2. The molecule has 152 valence electrons. The molecule has 1 saturated carbocycles. The van der Waals surface area contributed by atoms with Crippen molar-refractivity contribution < 1.29 is 19.1 Å². The predicted molar refractivity (Wildman–Crippen MR) is 110 cm³/mol. The van der Waals surface area contributed by atoms with Crippen LogP contribution in [-0.2, 0) is 19.1 Å². The van der Waals surface area contributed by atoms with E-state index in [0.717, 1.165) is 24.0 Å². The van der Waals surface area contributed by atoms with Gasteiger partial charge < -0.3 is 14.4 Å². The highest BCUT2D eigenvalue weighted by Crippen LogP contribution is 2.46. The lowest BCUT2D eigenvalue weighted by molar-refractivity contribution is -0.173. The van der Waals surface area contributed by atoms with Crippen molar-refractivity contribution in [2.24, 2.45) is 5.92 Å². The lowest BCUT2D eigenvalue weighted by atomic mass is 9.90. The SMILES string of the molecule is COC(=O)C(C1CC1)N1C(=O)CO[C@@H](c2ccc(Cl)cc2)[C@H]1c1ccc(Cl)cc1. The third-order valence-corrected chi connectivity index (χ3v) is 5.99. The highest BCUT2D eigenvalue weighted by atomic mass is 35.5. The smallest absolute Gasteiger partial charge is 0.328 e. The molecule has 0 N–H and O–H groups in total. The zero-order valence-corrected chi connectivity index (χ0v) is 17.4. The molecule has 1 unspecified atom stereocenters. The molecule has 2 fully saturated rings. The van der Waals surface area contributed by atoms with E-state index in [0.29, 0.717) is 10.0 Å². The van der Waals surface area contributed by atoms with Gasteiger partial charge in [0, 0.05) is 10.0 Å². The number of methoxy groups -OCH3 is 1. The summed E-state index contributed by atoms with van der Waals surface area (Å²) in [5, 5.41) is 1.21. The molecule has 0 spiro atoms. The number of morpholine rings is 1. The Bertz CT molecular complexity index is 896. The third kappa shape index (κ3) is 4.13. The maximum absolute atomic E-state index is 13.0. The summed E-state index contributed by atoms with van der Waals surface area (Å²) in [7, 11) is 1.36. The van der Waals surface area contributed by atoms with Crippen molar-refractivity contribution in [3.05, 3.63) is 69.7 Å². The highest BCUT2D eigenvalue weighted by molar-refractivity contribution is 6.30. The second-order valence-corrected chi connectivity index (χ2v) is 8.26. The molecular formula is C22H21Cl2NO4. The van der Waals surface area contributed by atoms with Crippen LogP contribution in [-0.4, -0.2) is 36.5 Å². The lowest BCUT2D eigenvalue weighted by Gasteiger charge is -2.44. The molecular weight excluding hydrogens is 413 g/mol. The van der Waals surface area contributed by atoms with Crippen LogP contribution >= 0.6 is 23.2 Å². The fourth-order valence-electron chi connectivity index (χ4n) is 3.95. The van der Waals surface area contributed by atoms with Crippen LogP contribution in [0.1, 0.15) is 36.1 Å². The molecule has 1 aliphatic heterocycles. The molecule has 5 nitrogen and oxygen atoms in total. The summed E-state index contributed by atoms with van der Waals surface area (Å²) >= 11 is 12.1. The van der Waals surface area contributed by atoms with E-state index in [1.807, 2.05) is 24.3 Å².